The second-order valence-electron chi connectivity index (χ2n) is 4.25. The molecule has 0 radical (unpaired) electrons. The van der Waals surface area contributed by atoms with Crippen LogP contribution >= 0.6 is 11.6 Å². The summed E-state index contributed by atoms with van der Waals surface area (Å²) in [6, 6.07) is 0. The topological polar surface area (TPSA) is 38.1 Å². The molecule has 5 heteroatoms. The first-order valence-electron chi connectivity index (χ1n) is 5.28. The minimum absolute atomic E-state index is 0.0216. The number of carbonyl (C=O) groups excluding carboxylic acids is 1. The van der Waals surface area contributed by atoms with Crippen LogP contribution in [-0.2, 0) is 18.4 Å². The van der Waals surface area contributed by atoms with Crippen LogP contribution in [0.4, 0.5) is 0 Å². The van der Waals surface area contributed by atoms with Crippen LogP contribution < -0.4 is 0 Å². The molecular weight excluding hydrogens is 226 g/mol. The van der Waals surface area contributed by atoms with E-state index in [0.29, 0.717) is 12.5 Å². The molecule has 1 amide bonds. The Hall–Kier alpha value is -1.03. The van der Waals surface area contributed by atoms with E-state index in [2.05, 4.69) is 18.9 Å². The molecule has 90 valence electrons. The van der Waals surface area contributed by atoms with E-state index in [0.717, 1.165) is 11.3 Å². The van der Waals surface area contributed by atoms with E-state index >= 15 is 0 Å². The van der Waals surface area contributed by atoms with Crippen LogP contribution in [-0.4, -0.2) is 33.5 Å². The monoisotopic (exact) mass is 243 g/mol. The Morgan fingerprint density at radius 2 is 2.25 bits per heavy atom. The van der Waals surface area contributed by atoms with E-state index in [-0.39, 0.29) is 11.8 Å². The van der Waals surface area contributed by atoms with Crippen LogP contribution in [0.5, 0.6) is 0 Å². The van der Waals surface area contributed by atoms with Crippen molar-refractivity contribution in [1.82, 2.24) is 14.7 Å². The first-order valence-corrected chi connectivity index (χ1v) is 5.81. The van der Waals surface area contributed by atoms with Gasteiger partial charge in [0.25, 0.3) is 0 Å². The maximum Gasteiger partial charge on any atom is 0.237 e. The van der Waals surface area contributed by atoms with Gasteiger partial charge in [0.1, 0.15) is 5.88 Å². The van der Waals surface area contributed by atoms with Gasteiger partial charge in [0.15, 0.2) is 0 Å². The van der Waals surface area contributed by atoms with Crippen molar-refractivity contribution in [3.05, 3.63) is 17.5 Å². The fraction of sp³-hybridized carbons (Fsp3) is 0.636. The van der Waals surface area contributed by atoms with Gasteiger partial charge in [0.2, 0.25) is 5.91 Å². The van der Waals surface area contributed by atoms with Crippen molar-refractivity contribution in [2.75, 3.05) is 12.9 Å². The summed E-state index contributed by atoms with van der Waals surface area (Å²) in [5.41, 5.74) is 2.12. The van der Waals surface area contributed by atoms with E-state index in [1.165, 1.54) is 0 Å². The second kappa shape index (κ2) is 5.34. The zero-order chi connectivity index (χ0) is 12.3. The summed E-state index contributed by atoms with van der Waals surface area (Å²) in [7, 11) is 3.64. The van der Waals surface area contributed by atoms with Gasteiger partial charge in [-0.2, -0.15) is 5.10 Å². The average Bonchev–Trinajstić information content (AvgIpc) is 2.58. The summed E-state index contributed by atoms with van der Waals surface area (Å²) in [6.07, 6.45) is 1.95. The molecule has 4 nitrogen and oxygen atoms in total. The summed E-state index contributed by atoms with van der Waals surface area (Å²) in [5.74, 6) is 0.309. The molecule has 0 aliphatic carbocycles. The molecule has 0 atom stereocenters. The number of aromatic nitrogens is 2. The highest BCUT2D eigenvalue weighted by Gasteiger charge is 2.15. The van der Waals surface area contributed by atoms with Gasteiger partial charge in [-0.3, -0.25) is 9.48 Å². The van der Waals surface area contributed by atoms with Crippen LogP contribution in [0.2, 0.25) is 0 Å². The number of rotatable bonds is 4. The molecule has 0 saturated carbocycles. The predicted molar refractivity (Wildman–Crippen MR) is 64.5 cm³/mol. The molecule has 16 heavy (non-hydrogen) atoms. The summed E-state index contributed by atoms with van der Waals surface area (Å²) in [5, 5.41) is 4.39. The van der Waals surface area contributed by atoms with Gasteiger partial charge >= 0.3 is 0 Å². The van der Waals surface area contributed by atoms with Gasteiger partial charge in [-0.05, 0) is 5.92 Å². The fourth-order valence-electron chi connectivity index (χ4n) is 1.61. The van der Waals surface area contributed by atoms with E-state index in [1.807, 2.05) is 13.2 Å². The lowest BCUT2D eigenvalue weighted by Crippen LogP contribution is -2.27. The molecule has 0 spiro atoms. The van der Waals surface area contributed by atoms with E-state index in [4.69, 9.17) is 11.6 Å². The van der Waals surface area contributed by atoms with Crippen LogP contribution in [0.3, 0.4) is 0 Å². The van der Waals surface area contributed by atoms with Crippen LogP contribution in [0, 0.1) is 0 Å². The summed E-state index contributed by atoms with van der Waals surface area (Å²) in [6.45, 7) is 4.75. The molecule has 0 fully saturated rings. The van der Waals surface area contributed by atoms with Gasteiger partial charge < -0.3 is 4.90 Å². The van der Waals surface area contributed by atoms with Crippen molar-refractivity contribution in [3.63, 3.8) is 0 Å². The van der Waals surface area contributed by atoms with Gasteiger partial charge in [-0.25, -0.2) is 0 Å². The highest BCUT2D eigenvalue weighted by atomic mass is 35.5. The van der Waals surface area contributed by atoms with E-state index < -0.39 is 0 Å². The number of halogens is 1. The molecule has 0 aliphatic heterocycles. The molecule has 1 rings (SSSR count). The number of hydrogen-bond acceptors (Lipinski definition) is 2. The molecule has 1 aromatic rings. The minimum atomic E-state index is -0.0692. The standard InChI is InChI=1S/C11H18ClN3O/c1-8(2)11-9(7-15(4)13-11)6-14(3)10(16)5-12/h7-8H,5-6H2,1-4H3. The van der Waals surface area contributed by atoms with Gasteiger partial charge in [-0.15, -0.1) is 11.6 Å². The van der Waals surface area contributed by atoms with Crippen LogP contribution in [0.25, 0.3) is 0 Å². The third-order valence-electron chi connectivity index (χ3n) is 2.43. The Kier molecular flexibility index (Phi) is 4.35. The number of alkyl halides is 1. The number of nitrogens with zero attached hydrogens (tertiary/aromatic N) is 3. The van der Waals surface area contributed by atoms with Crippen molar-refractivity contribution >= 4 is 17.5 Å². The van der Waals surface area contributed by atoms with E-state index in [9.17, 15) is 4.79 Å². The Morgan fingerprint density at radius 3 is 2.75 bits per heavy atom. The van der Waals surface area contributed by atoms with Crippen molar-refractivity contribution in [2.45, 2.75) is 26.3 Å². The molecule has 1 heterocycles. The predicted octanol–water partition coefficient (Wildman–Crippen LogP) is 1.74. The Labute approximate surface area is 101 Å². The minimum Gasteiger partial charge on any atom is -0.340 e. The fourth-order valence-corrected chi connectivity index (χ4v) is 1.81. The number of carbonyl (C=O) groups is 1. The smallest absolute Gasteiger partial charge is 0.237 e. The average molecular weight is 244 g/mol. The molecule has 0 N–H and O–H groups in total. The Bertz CT molecular complexity index is 373. The quantitative estimate of drug-likeness (QED) is 0.756. The molecule has 1 aromatic heterocycles. The molecule has 0 aromatic carbocycles. The third-order valence-corrected chi connectivity index (χ3v) is 2.66. The Morgan fingerprint density at radius 1 is 1.62 bits per heavy atom. The van der Waals surface area contributed by atoms with Gasteiger partial charge in [0, 0.05) is 32.4 Å². The second-order valence-corrected chi connectivity index (χ2v) is 4.52. The maximum absolute atomic E-state index is 11.4. The highest BCUT2D eigenvalue weighted by molar-refractivity contribution is 6.27. The van der Waals surface area contributed by atoms with Crippen LogP contribution in [0.15, 0.2) is 6.20 Å². The van der Waals surface area contributed by atoms with Crippen molar-refractivity contribution in [1.29, 1.82) is 0 Å². The van der Waals surface area contributed by atoms with Crippen LogP contribution in [0.1, 0.15) is 31.0 Å². The normalized spacial score (nSPS) is 10.9. The Balaban J connectivity index is 2.84. The lowest BCUT2D eigenvalue weighted by Gasteiger charge is -2.16. The summed E-state index contributed by atoms with van der Waals surface area (Å²) in [4.78, 5) is 13.0. The molecule has 0 aliphatic rings. The lowest BCUT2D eigenvalue weighted by atomic mass is 10.1. The SMILES string of the molecule is CC(C)c1nn(C)cc1CN(C)C(=O)CCl. The summed E-state index contributed by atoms with van der Waals surface area (Å²) >= 11 is 5.51. The van der Waals surface area contributed by atoms with Crippen molar-refractivity contribution < 1.29 is 4.79 Å². The lowest BCUT2D eigenvalue weighted by molar-refractivity contribution is -0.127. The molecular formula is C11H18ClN3O. The zero-order valence-corrected chi connectivity index (χ0v) is 11.0. The number of aryl methyl sites for hydroxylation is 1. The number of amides is 1. The van der Waals surface area contributed by atoms with Gasteiger partial charge in [0.05, 0.1) is 5.69 Å². The zero-order valence-electron chi connectivity index (χ0n) is 10.2. The third kappa shape index (κ3) is 2.98. The van der Waals surface area contributed by atoms with E-state index in [1.54, 1.807) is 16.6 Å². The van der Waals surface area contributed by atoms with Gasteiger partial charge in [-0.1, -0.05) is 13.8 Å². The highest BCUT2D eigenvalue weighted by Crippen LogP contribution is 2.18. The first-order chi connectivity index (χ1) is 7.45. The molecule has 0 unspecified atom stereocenters. The van der Waals surface area contributed by atoms with Crippen molar-refractivity contribution in [2.24, 2.45) is 7.05 Å². The maximum atomic E-state index is 11.4. The van der Waals surface area contributed by atoms with Crippen molar-refractivity contribution in [3.8, 4) is 0 Å². The number of hydrogen-bond donors (Lipinski definition) is 0. The molecule has 0 saturated heterocycles. The summed E-state index contributed by atoms with van der Waals surface area (Å²) < 4.78 is 1.78. The first kappa shape index (κ1) is 13.0. The molecule has 0 bridgehead atoms. The largest absolute Gasteiger partial charge is 0.340 e.